The molecule has 2 N–H and O–H groups in total. The van der Waals surface area contributed by atoms with Gasteiger partial charge in [-0.25, -0.2) is 4.79 Å². The second-order valence-electron chi connectivity index (χ2n) is 9.61. The molecule has 2 aromatic carbocycles. The maximum Gasteiger partial charge on any atom is 0.404 e. The Morgan fingerprint density at radius 2 is 1.79 bits per heavy atom. The number of aryl methyl sites for hydroxylation is 1. The van der Waals surface area contributed by atoms with Gasteiger partial charge in [-0.15, -0.1) is 0 Å². The summed E-state index contributed by atoms with van der Waals surface area (Å²) in [5.74, 6) is 0. The molecular weight excluding hydrogens is 490 g/mol. The number of nitrogens with zero attached hydrogens (tertiary/aromatic N) is 2. The smallest absolute Gasteiger partial charge is 0.404 e. The second kappa shape index (κ2) is 11.3. The zero-order valence-corrected chi connectivity index (χ0v) is 21.1. The van der Waals surface area contributed by atoms with E-state index in [-0.39, 0.29) is 24.7 Å². The van der Waals surface area contributed by atoms with Crippen LogP contribution in [0.25, 0.3) is 0 Å². The molecule has 4 atom stereocenters. The summed E-state index contributed by atoms with van der Waals surface area (Å²) in [5.41, 5.74) is 1.20. The van der Waals surface area contributed by atoms with Crippen LogP contribution in [0.1, 0.15) is 35.8 Å². The number of carbonyl (C=O) groups is 1. The lowest BCUT2D eigenvalue weighted by Crippen LogP contribution is -2.50. The number of amides is 1. The minimum absolute atomic E-state index is 0.190. The van der Waals surface area contributed by atoms with E-state index in [1.54, 1.807) is 17.7 Å². The van der Waals surface area contributed by atoms with Gasteiger partial charge in [0.15, 0.2) is 12.3 Å². The molecule has 10 nitrogen and oxygen atoms in total. The number of hydrogen-bond acceptors (Lipinski definition) is 7. The predicted octanol–water partition coefficient (Wildman–Crippen LogP) is 3.43. The van der Waals surface area contributed by atoms with Crippen LogP contribution in [0.4, 0.5) is 4.79 Å². The maximum atomic E-state index is 12.2. The van der Waals surface area contributed by atoms with Crippen LogP contribution in [0.2, 0.25) is 0 Å². The number of aromatic nitrogens is 2. The van der Waals surface area contributed by atoms with Crippen molar-refractivity contribution in [2.75, 3.05) is 13.2 Å². The molecule has 2 aliphatic rings. The van der Waals surface area contributed by atoms with Crippen molar-refractivity contribution in [3.63, 3.8) is 0 Å². The summed E-state index contributed by atoms with van der Waals surface area (Å²) in [7, 11) is 0. The van der Waals surface area contributed by atoms with Gasteiger partial charge in [0.05, 0.1) is 19.8 Å². The third-order valence-electron chi connectivity index (χ3n) is 6.84. The van der Waals surface area contributed by atoms with Gasteiger partial charge in [0.25, 0.3) is 5.56 Å². The predicted molar refractivity (Wildman–Crippen MR) is 137 cm³/mol. The molecule has 0 saturated carbocycles. The van der Waals surface area contributed by atoms with Crippen LogP contribution in [0.5, 0.6) is 6.01 Å². The molecular formula is C28H31N3O7. The van der Waals surface area contributed by atoms with E-state index < -0.39 is 30.1 Å². The molecule has 3 aromatic rings. The molecule has 0 bridgehead atoms. The number of carboxylic acid groups (broad SMARTS) is 1. The molecule has 200 valence electrons. The highest BCUT2D eigenvalue weighted by atomic mass is 16.7. The third kappa shape index (κ3) is 5.57. The minimum atomic E-state index is -1.08. The summed E-state index contributed by atoms with van der Waals surface area (Å²) in [5, 5.41) is 11.5. The number of fused-ring (bicyclic) bond motifs is 3. The summed E-state index contributed by atoms with van der Waals surface area (Å²) >= 11 is 0. The molecule has 0 unspecified atom stereocenters. The molecule has 38 heavy (non-hydrogen) atoms. The first kappa shape index (κ1) is 25.9. The van der Waals surface area contributed by atoms with Crippen molar-refractivity contribution in [2.24, 2.45) is 0 Å². The monoisotopic (exact) mass is 521 g/mol. The Labute approximate surface area is 220 Å². The molecule has 2 aliphatic heterocycles. The fourth-order valence-corrected chi connectivity index (χ4v) is 5.00. The molecule has 0 aliphatic carbocycles. The molecule has 10 heteroatoms. The highest BCUT2D eigenvalue weighted by Gasteiger charge is 2.60. The van der Waals surface area contributed by atoms with E-state index >= 15 is 0 Å². The first-order valence-corrected chi connectivity index (χ1v) is 12.6. The van der Waals surface area contributed by atoms with Crippen molar-refractivity contribution in [2.45, 2.75) is 57.0 Å². The lowest BCUT2D eigenvalue weighted by molar-refractivity contribution is -0.163. The number of benzene rings is 2. The Hall–Kier alpha value is -3.73. The van der Waals surface area contributed by atoms with E-state index in [0.29, 0.717) is 31.6 Å². The lowest BCUT2D eigenvalue weighted by atomic mass is 9.90. The van der Waals surface area contributed by atoms with Crippen molar-refractivity contribution in [1.82, 2.24) is 14.9 Å². The number of hydrogen-bond donors (Lipinski definition) is 2. The number of ether oxygens (including phenoxy) is 4. The van der Waals surface area contributed by atoms with Gasteiger partial charge >= 0.3 is 12.1 Å². The average molecular weight is 522 g/mol. The zero-order valence-electron chi connectivity index (χ0n) is 21.1. The standard InChI is InChI=1S/C28H31N3O7/c1-19-15-31-25-22(37-26(31)30-24(19)32)23(36-17-21-11-6-3-7-12-21)28(38-25,13-8-14-29-27(33)34)18-35-16-20-9-4-2-5-10-20/h2-7,9-12,15,22-23,25,29H,8,13-14,16-18H2,1H3,(H,33,34)/t22-,23-,25+,28+/m0/s1. The van der Waals surface area contributed by atoms with Crippen molar-refractivity contribution >= 4 is 6.09 Å². The molecule has 0 spiro atoms. The van der Waals surface area contributed by atoms with E-state index in [0.717, 1.165) is 11.1 Å². The number of nitrogens with one attached hydrogen (secondary N) is 1. The van der Waals surface area contributed by atoms with Crippen molar-refractivity contribution in [1.29, 1.82) is 0 Å². The molecule has 0 radical (unpaired) electrons. The van der Waals surface area contributed by atoms with Gasteiger partial charge in [-0.2, -0.15) is 4.98 Å². The van der Waals surface area contributed by atoms with Gasteiger partial charge in [-0.05, 0) is 30.9 Å². The quantitative estimate of drug-likeness (QED) is 0.368. The van der Waals surface area contributed by atoms with Crippen LogP contribution in [-0.2, 0) is 27.4 Å². The summed E-state index contributed by atoms with van der Waals surface area (Å²) in [6, 6.07) is 19.8. The maximum absolute atomic E-state index is 12.2. The second-order valence-corrected chi connectivity index (χ2v) is 9.61. The van der Waals surface area contributed by atoms with Gasteiger partial charge in [-0.1, -0.05) is 60.7 Å². The summed E-state index contributed by atoms with van der Waals surface area (Å²) < 4.78 is 27.3. The molecule has 1 fully saturated rings. The van der Waals surface area contributed by atoms with Crippen molar-refractivity contribution < 1.29 is 28.8 Å². The lowest BCUT2D eigenvalue weighted by Gasteiger charge is -2.35. The van der Waals surface area contributed by atoms with Crippen LogP contribution >= 0.6 is 0 Å². The molecule has 1 amide bonds. The Morgan fingerprint density at radius 1 is 1.11 bits per heavy atom. The summed E-state index contributed by atoms with van der Waals surface area (Å²) in [4.78, 5) is 27.3. The van der Waals surface area contributed by atoms with Crippen LogP contribution in [-0.4, -0.2) is 51.7 Å². The fourth-order valence-electron chi connectivity index (χ4n) is 5.00. The van der Waals surface area contributed by atoms with E-state index in [4.69, 9.17) is 24.1 Å². The molecule has 5 rings (SSSR count). The first-order valence-electron chi connectivity index (χ1n) is 12.6. The van der Waals surface area contributed by atoms with Crippen LogP contribution in [0.3, 0.4) is 0 Å². The highest BCUT2D eigenvalue weighted by Crippen LogP contribution is 2.48. The van der Waals surface area contributed by atoms with E-state index in [9.17, 15) is 9.59 Å². The summed E-state index contributed by atoms with van der Waals surface area (Å²) in [6.45, 7) is 2.85. The van der Waals surface area contributed by atoms with Crippen LogP contribution < -0.4 is 15.6 Å². The highest BCUT2D eigenvalue weighted by molar-refractivity contribution is 5.64. The summed E-state index contributed by atoms with van der Waals surface area (Å²) in [6.07, 6.45) is -0.157. The van der Waals surface area contributed by atoms with E-state index in [2.05, 4.69) is 10.3 Å². The zero-order chi connectivity index (χ0) is 26.5. The largest absolute Gasteiger partial charge is 0.465 e. The topological polar surface area (TPSA) is 121 Å². The van der Waals surface area contributed by atoms with Crippen LogP contribution in [0, 0.1) is 6.92 Å². The van der Waals surface area contributed by atoms with Crippen LogP contribution in [0.15, 0.2) is 71.7 Å². The average Bonchev–Trinajstić information content (AvgIpc) is 3.39. The fraction of sp³-hybridized carbons (Fsp3) is 0.393. The van der Waals surface area contributed by atoms with Crippen molar-refractivity contribution in [3.8, 4) is 6.01 Å². The van der Waals surface area contributed by atoms with E-state index in [1.807, 2.05) is 60.7 Å². The Balaban J connectivity index is 1.43. The first-order chi connectivity index (χ1) is 18.4. The number of rotatable bonds is 11. The molecule has 1 aromatic heterocycles. The van der Waals surface area contributed by atoms with E-state index in [1.165, 1.54) is 0 Å². The van der Waals surface area contributed by atoms with Crippen molar-refractivity contribution in [3.05, 3.63) is 93.9 Å². The van der Waals surface area contributed by atoms with Gasteiger partial charge < -0.3 is 29.4 Å². The minimum Gasteiger partial charge on any atom is -0.465 e. The van der Waals surface area contributed by atoms with Gasteiger partial charge in [0.2, 0.25) is 0 Å². The Kier molecular flexibility index (Phi) is 7.73. The van der Waals surface area contributed by atoms with Gasteiger partial charge in [0, 0.05) is 18.3 Å². The Morgan fingerprint density at radius 3 is 2.47 bits per heavy atom. The van der Waals surface area contributed by atoms with Gasteiger partial charge in [0.1, 0.15) is 11.7 Å². The molecule has 3 heterocycles. The normalized spacial score (nSPS) is 23.4. The third-order valence-corrected chi connectivity index (χ3v) is 6.84. The molecule has 1 saturated heterocycles. The van der Waals surface area contributed by atoms with Gasteiger partial charge in [-0.3, -0.25) is 9.36 Å². The SMILES string of the molecule is Cc1cn2c(nc1=O)O[C@@H]1[C@H]2O[C@](CCCNC(=O)O)(COCc2ccccc2)[C@H]1OCc1ccccc1. The Bertz CT molecular complexity index is 1300.